The second kappa shape index (κ2) is 2.74. The minimum atomic E-state index is 0.529. The van der Waals surface area contributed by atoms with Crippen LogP contribution < -0.4 is 5.73 Å². The van der Waals surface area contributed by atoms with E-state index in [4.69, 9.17) is 10.2 Å². The van der Waals surface area contributed by atoms with Crippen LogP contribution in [0.2, 0.25) is 0 Å². The van der Waals surface area contributed by atoms with E-state index < -0.39 is 0 Å². The molecule has 1 heterocycles. The monoisotopic (exact) mass is 188 g/mol. The van der Waals surface area contributed by atoms with E-state index in [9.17, 15) is 0 Å². The average molecular weight is 188 g/mol. The number of hydrogen-bond acceptors (Lipinski definition) is 3. The van der Waals surface area contributed by atoms with Crippen molar-refractivity contribution < 1.29 is 4.42 Å². The molecule has 0 radical (unpaired) electrons. The molecule has 0 amide bonds. The summed E-state index contributed by atoms with van der Waals surface area (Å²) in [6.07, 6.45) is 3.69. The van der Waals surface area contributed by atoms with Gasteiger partial charge in [0.1, 0.15) is 5.52 Å². The van der Waals surface area contributed by atoms with Crippen LogP contribution in [0.5, 0.6) is 0 Å². The van der Waals surface area contributed by atoms with Crippen molar-refractivity contribution in [1.82, 2.24) is 4.98 Å². The molecule has 1 aromatic carbocycles. The zero-order valence-electron chi connectivity index (χ0n) is 7.86. The number of aromatic nitrogens is 1. The molecular weight excluding hydrogens is 176 g/mol. The highest BCUT2D eigenvalue weighted by Crippen LogP contribution is 2.37. The fourth-order valence-electron chi connectivity index (χ4n) is 1.82. The van der Waals surface area contributed by atoms with Crippen LogP contribution in [-0.2, 0) is 0 Å². The lowest BCUT2D eigenvalue weighted by Crippen LogP contribution is -2.08. The minimum Gasteiger partial charge on any atom is -0.438 e. The van der Waals surface area contributed by atoms with E-state index in [1.807, 2.05) is 18.2 Å². The Morgan fingerprint density at radius 2 is 2.21 bits per heavy atom. The summed E-state index contributed by atoms with van der Waals surface area (Å²) in [4.78, 5) is 4.45. The molecule has 3 nitrogen and oxygen atoms in total. The Bertz CT molecular complexity index is 471. The van der Waals surface area contributed by atoms with Crippen LogP contribution in [0, 0.1) is 0 Å². The molecule has 72 valence electrons. The van der Waals surface area contributed by atoms with Crippen LogP contribution in [0.25, 0.3) is 11.1 Å². The first kappa shape index (κ1) is 7.85. The number of oxazole rings is 1. The van der Waals surface area contributed by atoms with Crippen molar-refractivity contribution in [3.63, 3.8) is 0 Å². The highest BCUT2D eigenvalue weighted by Gasteiger charge is 2.24. The second-order valence-electron chi connectivity index (χ2n) is 3.88. The maximum atomic E-state index is 5.80. The Morgan fingerprint density at radius 1 is 1.36 bits per heavy atom. The number of nitrogens with zero attached hydrogens (tertiary/aromatic N) is 1. The van der Waals surface area contributed by atoms with Crippen molar-refractivity contribution >= 4 is 16.8 Å². The molecule has 3 rings (SSSR count). The first-order valence-electron chi connectivity index (χ1n) is 4.99. The molecule has 0 saturated heterocycles. The molecule has 0 atom stereocenters. The van der Waals surface area contributed by atoms with Crippen molar-refractivity contribution in [1.29, 1.82) is 0 Å². The van der Waals surface area contributed by atoms with Gasteiger partial charge in [0.2, 0.25) is 0 Å². The first-order valence-corrected chi connectivity index (χ1v) is 4.99. The number of hydrogen-bond donors (Lipinski definition) is 1. The van der Waals surface area contributed by atoms with Crippen molar-refractivity contribution in [2.45, 2.75) is 25.2 Å². The number of para-hydroxylation sites is 1. The third-order valence-corrected chi connectivity index (χ3v) is 2.92. The van der Waals surface area contributed by atoms with Gasteiger partial charge < -0.3 is 10.2 Å². The summed E-state index contributed by atoms with van der Waals surface area (Å²) in [5.74, 6) is 1.39. The number of benzene rings is 1. The number of nitrogen functional groups attached to an aromatic ring is 1. The summed E-state index contributed by atoms with van der Waals surface area (Å²) in [5, 5.41) is 0. The zero-order chi connectivity index (χ0) is 9.54. The van der Waals surface area contributed by atoms with Crippen molar-refractivity contribution in [3.8, 4) is 0 Å². The largest absolute Gasteiger partial charge is 0.438 e. The van der Waals surface area contributed by atoms with Gasteiger partial charge in [0, 0.05) is 5.92 Å². The molecule has 0 aliphatic heterocycles. The highest BCUT2D eigenvalue weighted by atomic mass is 16.3. The molecular formula is C11H12N2O. The predicted octanol–water partition coefficient (Wildman–Crippen LogP) is 2.68. The maximum absolute atomic E-state index is 5.80. The SMILES string of the molecule is Nc1cccc2nc(C3CCC3)oc12. The van der Waals surface area contributed by atoms with Gasteiger partial charge in [-0.15, -0.1) is 0 Å². The van der Waals surface area contributed by atoms with E-state index >= 15 is 0 Å². The molecule has 0 unspecified atom stereocenters. The summed E-state index contributed by atoms with van der Waals surface area (Å²) in [7, 11) is 0. The average Bonchev–Trinajstić information content (AvgIpc) is 2.46. The second-order valence-corrected chi connectivity index (χ2v) is 3.88. The molecule has 14 heavy (non-hydrogen) atoms. The minimum absolute atomic E-state index is 0.529. The Kier molecular flexibility index (Phi) is 1.54. The van der Waals surface area contributed by atoms with E-state index in [0.29, 0.717) is 11.6 Å². The Labute approximate surface area is 81.9 Å². The van der Waals surface area contributed by atoms with Crippen LogP contribution in [0.1, 0.15) is 31.1 Å². The molecule has 0 bridgehead atoms. The first-order chi connectivity index (χ1) is 6.84. The molecule has 1 aliphatic carbocycles. The van der Waals surface area contributed by atoms with Gasteiger partial charge in [-0.1, -0.05) is 12.5 Å². The number of anilines is 1. The van der Waals surface area contributed by atoms with E-state index in [2.05, 4.69) is 4.98 Å². The lowest BCUT2D eigenvalue weighted by molar-refractivity contribution is 0.344. The van der Waals surface area contributed by atoms with Crippen LogP contribution in [-0.4, -0.2) is 4.98 Å². The van der Waals surface area contributed by atoms with Gasteiger partial charge in [0.15, 0.2) is 11.5 Å². The van der Waals surface area contributed by atoms with Crippen LogP contribution in [0.3, 0.4) is 0 Å². The van der Waals surface area contributed by atoms with Gasteiger partial charge >= 0.3 is 0 Å². The van der Waals surface area contributed by atoms with Gasteiger partial charge in [-0.25, -0.2) is 4.98 Å². The summed E-state index contributed by atoms with van der Waals surface area (Å²) in [5.41, 5.74) is 8.10. The Morgan fingerprint density at radius 3 is 2.86 bits per heavy atom. The molecule has 1 aliphatic rings. The van der Waals surface area contributed by atoms with Gasteiger partial charge in [0.05, 0.1) is 5.69 Å². The van der Waals surface area contributed by atoms with Gasteiger partial charge in [-0.2, -0.15) is 0 Å². The van der Waals surface area contributed by atoms with Gasteiger partial charge in [0.25, 0.3) is 0 Å². The number of fused-ring (bicyclic) bond motifs is 1. The summed E-state index contributed by atoms with van der Waals surface area (Å²) in [6.45, 7) is 0. The molecule has 2 aromatic rings. The zero-order valence-corrected chi connectivity index (χ0v) is 7.86. The van der Waals surface area contributed by atoms with E-state index in [1.165, 1.54) is 19.3 Å². The van der Waals surface area contributed by atoms with Gasteiger partial charge in [-0.3, -0.25) is 0 Å². The molecule has 1 saturated carbocycles. The molecule has 1 fully saturated rings. The van der Waals surface area contributed by atoms with Crippen LogP contribution in [0.15, 0.2) is 22.6 Å². The fourth-order valence-corrected chi connectivity index (χ4v) is 1.82. The summed E-state index contributed by atoms with van der Waals surface area (Å²) in [6, 6.07) is 5.69. The van der Waals surface area contributed by atoms with Crippen molar-refractivity contribution in [2.24, 2.45) is 0 Å². The van der Waals surface area contributed by atoms with E-state index in [0.717, 1.165) is 17.0 Å². The molecule has 2 N–H and O–H groups in total. The molecule has 0 spiro atoms. The van der Waals surface area contributed by atoms with Crippen molar-refractivity contribution in [3.05, 3.63) is 24.1 Å². The fraction of sp³-hybridized carbons (Fsp3) is 0.364. The summed E-state index contributed by atoms with van der Waals surface area (Å²) < 4.78 is 5.67. The normalized spacial score (nSPS) is 17.1. The molecule has 3 heteroatoms. The molecule has 1 aromatic heterocycles. The topological polar surface area (TPSA) is 52.0 Å². The van der Waals surface area contributed by atoms with E-state index in [1.54, 1.807) is 0 Å². The van der Waals surface area contributed by atoms with Crippen LogP contribution in [0.4, 0.5) is 5.69 Å². The number of rotatable bonds is 1. The quantitative estimate of drug-likeness (QED) is 0.700. The Hall–Kier alpha value is -1.51. The number of nitrogens with two attached hydrogens (primary N) is 1. The highest BCUT2D eigenvalue weighted by molar-refractivity contribution is 5.84. The lowest BCUT2D eigenvalue weighted by Gasteiger charge is -2.21. The lowest BCUT2D eigenvalue weighted by atomic mass is 9.85. The maximum Gasteiger partial charge on any atom is 0.198 e. The van der Waals surface area contributed by atoms with Crippen LogP contribution >= 0.6 is 0 Å². The van der Waals surface area contributed by atoms with Crippen molar-refractivity contribution in [2.75, 3.05) is 5.73 Å². The summed E-state index contributed by atoms with van der Waals surface area (Å²) >= 11 is 0. The third-order valence-electron chi connectivity index (χ3n) is 2.92. The smallest absolute Gasteiger partial charge is 0.198 e. The van der Waals surface area contributed by atoms with E-state index in [-0.39, 0.29) is 0 Å². The third kappa shape index (κ3) is 1.02. The predicted molar refractivity (Wildman–Crippen MR) is 55.0 cm³/mol. The standard InChI is InChI=1S/C11H12N2O/c12-8-5-2-6-9-10(8)14-11(13-9)7-3-1-4-7/h2,5-7H,1,3-4,12H2. The Balaban J connectivity index is 2.15. The van der Waals surface area contributed by atoms with Gasteiger partial charge in [-0.05, 0) is 25.0 Å².